The Bertz CT molecular complexity index is 426. The van der Waals surface area contributed by atoms with Crippen LogP contribution in [0.2, 0.25) is 0 Å². The number of aromatic hydroxyl groups is 1. The summed E-state index contributed by atoms with van der Waals surface area (Å²) in [6.45, 7) is 1.89. The second-order valence-electron chi connectivity index (χ2n) is 3.56. The minimum Gasteiger partial charge on any atom is -0.506 e. The van der Waals surface area contributed by atoms with E-state index in [0.717, 1.165) is 8.04 Å². The molecule has 94 valence electrons. The topological polar surface area (TPSA) is 75.4 Å². The Morgan fingerprint density at radius 2 is 2.29 bits per heavy atom. The number of halogens is 2. The summed E-state index contributed by atoms with van der Waals surface area (Å²) in [6, 6.07) is 3.40. The first-order valence-corrected chi connectivity index (χ1v) is 7.04. The van der Waals surface area contributed by atoms with Gasteiger partial charge < -0.3 is 16.2 Å². The maximum atomic E-state index is 11.3. The molecule has 1 aromatic rings. The molecular weight excluding hydrogens is 399 g/mol. The van der Waals surface area contributed by atoms with Crippen LogP contribution in [-0.4, -0.2) is 17.6 Å². The van der Waals surface area contributed by atoms with Crippen LogP contribution in [0.3, 0.4) is 0 Å². The summed E-state index contributed by atoms with van der Waals surface area (Å²) in [4.78, 5) is 11.3. The molecule has 0 aromatic heterocycles. The smallest absolute Gasteiger partial charge is 0.234 e. The highest BCUT2D eigenvalue weighted by molar-refractivity contribution is 14.1. The van der Waals surface area contributed by atoms with Crippen LogP contribution in [0.4, 0.5) is 0 Å². The number of nitrogens with one attached hydrogen (secondary N) is 1. The summed E-state index contributed by atoms with van der Waals surface area (Å²) in [7, 11) is 0. The Kier molecular flexibility index (Phi) is 5.68. The zero-order valence-electron chi connectivity index (χ0n) is 9.34. The molecule has 4 N–H and O–H groups in total. The molecule has 0 bridgehead atoms. The van der Waals surface area contributed by atoms with Gasteiger partial charge in [-0.25, -0.2) is 0 Å². The van der Waals surface area contributed by atoms with Gasteiger partial charge in [-0.1, -0.05) is 22.9 Å². The minimum absolute atomic E-state index is 0.0532. The predicted molar refractivity (Wildman–Crippen MR) is 78.8 cm³/mol. The third-order valence-electron chi connectivity index (χ3n) is 2.36. The highest BCUT2D eigenvalue weighted by Gasteiger charge is 2.17. The third kappa shape index (κ3) is 3.82. The van der Waals surface area contributed by atoms with Crippen molar-refractivity contribution < 1.29 is 9.90 Å². The van der Waals surface area contributed by atoms with Gasteiger partial charge in [0, 0.05) is 10.0 Å². The van der Waals surface area contributed by atoms with Gasteiger partial charge in [-0.05, 0) is 41.1 Å². The molecule has 0 aliphatic carbocycles. The molecule has 0 spiro atoms. The highest BCUT2D eigenvalue weighted by atomic mass is 127. The van der Waals surface area contributed by atoms with E-state index in [1.54, 1.807) is 0 Å². The molecule has 1 amide bonds. The van der Waals surface area contributed by atoms with Crippen LogP contribution in [0.25, 0.3) is 0 Å². The minimum atomic E-state index is -0.230. The molecular formula is C11H14BrIN2O2. The van der Waals surface area contributed by atoms with Crippen molar-refractivity contribution in [1.82, 2.24) is 5.32 Å². The van der Waals surface area contributed by atoms with Gasteiger partial charge >= 0.3 is 0 Å². The molecule has 0 saturated carbocycles. The van der Waals surface area contributed by atoms with Crippen LogP contribution in [0.5, 0.6) is 5.75 Å². The lowest BCUT2D eigenvalue weighted by Gasteiger charge is -2.19. The number of nitrogens with two attached hydrogens (primary N) is 1. The van der Waals surface area contributed by atoms with Crippen molar-refractivity contribution in [3.8, 4) is 5.75 Å². The lowest BCUT2D eigenvalue weighted by Crippen LogP contribution is -2.33. The van der Waals surface area contributed by atoms with E-state index in [1.807, 2.05) is 19.1 Å². The van der Waals surface area contributed by atoms with E-state index in [0.29, 0.717) is 12.0 Å². The summed E-state index contributed by atoms with van der Waals surface area (Å²) in [5, 5.41) is 12.8. The highest BCUT2D eigenvalue weighted by Crippen LogP contribution is 2.33. The van der Waals surface area contributed by atoms with Crippen LogP contribution >= 0.6 is 38.5 Å². The Balaban J connectivity index is 3.07. The molecule has 4 nitrogen and oxygen atoms in total. The molecule has 6 heteroatoms. The lowest BCUT2D eigenvalue weighted by atomic mass is 10.0. The van der Waals surface area contributed by atoms with Crippen LogP contribution in [0.15, 0.2) is 16.6 Å². The predicted octanol–water partition coefficient (Wildman–Crippen LogP) is 2.29. The maximum absolute atomic E-state index is 11.3. The summed E-state index contributed by atoms with van der Waals surface area (Å²) in [5.41, 5.74) is 5.97. The van der Waals surface area contributed by atoms with Crippen molar-refractivity contribution in [2.24, 2.45) is 5.73 Å². The van der Waals surface area contributed by atoms with Crippen LogP contribution in [0, 0.1) is 3.57 Å². The van der Waals surface area contributed by atoms with Gasteiger partial charge in [0.1, 0.15) is 5.75 Å². The fraction of sp³-hybridized carbons (Fsp3) is 0.364. The van der Waals surface area contributed by atoms with Gasteiger partial charge in [-0.2, -0.15) is 0 Å². The zero-order valence-corrected chi connectivity index (χ0v) is 13.1. The van der Waals surface area contributed by atoms with Gasteiger partial charge in [-0.3, -0.25) is 4.79 Å². The van der Waals surface area contributed by atoms with Crippen molar-refractivity contribution in [3.05, 3.63) is 25.7 Å². The Morgan fingerprint density at radius 1 is 1.65 bits per heavy atom. The van der Waals surface area contributed by atoms with Crippen molar-refractivity contribution in [1.29, 1.82) is 0 Å². The number of phenolic OH excluding ortho intramolecular Hbond substituents is 1. The molecule has 1 aromatic carbocycles. The monoisotopic (exact) mass is 412 g/mol. The van der Waals surface area contributed by atoms with Gasteiger partial charge in [0.2, 0.25) is 5.91 Å². The molecule has 1 atom stereocenters. The van der Waals surface area contributed by atoms with E-state index in [2.05, 4.69) is 43.8 Å². The molecule has 1 rings (SSSR count). The average molecular weight is 413 g/mol. The number of hydrogen-bond donors (Lipinski definition) is 3. The second-order valence-corrected chi connectivity index (χ2v) is 5.64. The molecule has 0 heterocycles. The quantitative estimate of drug-likeness (QED) is 0.664. The molecule has 0 aliphatic heterocycles. The fourth-order valence-electron chi connectivity index (χ4n) is 1.50. The number of carbonyl (C=O) groups excluding carboxylic acids is 1. The number of amides is 1. The normalized spacial score (nSPS) is 12.2. The Hall–Kier alpha value is -0.340. The molecule has 0 radical (unpaired) electrons. The van der Waals surface area contributed by atoms with E-state index in [9.17, 15) is 9.90 Å². The summed E-state index contributed by atoms with van der Waals surface area (Å²) < 4.78 is 1.61. The number of carbonyl (C=O) groups is 1. The van der Waals surface area contributed by atoms with Gasteiger partial charge in [0.05, 0.1) is 16.2 Å². The maximum Gasteiger partial charge on any atom is 0.234 e. The van der Waals surface area contributed by atoms with E-state index >= 15 is 0 Å². The summed E-state index contributed by atoms with van der Waals surface area (Å²) in [5.74, 6) is -0.0239. The molecule has 0 unspecified atom stereocenters. The Labute approximate surface area is 122 Å². The van der Waals surface area contributed by atoms with Crippen molar-refractivity contribution in [2.45, 2.75) is 19.4 Å². The van der Waals surface area contributed by atoms with E-state index < -0.39 is 0 Å². The number of benzene rings is 1. The van der Waals surface area contributed by atoms with E-state index in [4.69, 9.17) is 5.73 Å². The van der Waals surface area contributed by atoms with Crippen molar-refractivity contribution >= 4 is 44.4 Å². The Morgan fingerprint density at radius 3 is 2.82 bits per heavy atom. The van der Waals surface area contributed by atoms with Gasteiger partial charge in [0.25, 0.3) is 0 Å². The van der Waals surface area contributed by atoms with E-state index in [1.165, 1.54) is 0 Å². The first kappa shape index (κ1) is 14.7. The van der Waals surface area contributed by atoms with E-state index in [-0.39, 0.29) is 24.2 Å². The number of hydrogen-bond acceptors (Lipinski definition) is 3. The largest absolute Gasteiger partial charge is 0.506 e. The molecule has 17 heavy (non-hydrogen) atoms. The fourth-order valence-corrected chi connectivity index (χ4v) is 3.05. The van der Waals surface area contributed by atoms with Gasteiger partial charge in [0.15, 0.2) is 0 Å². The first-order valence-electron chi connectivity index (χ1n) is 5.16. The zero-order chi connectivity index (χ0) is 13.0. The number of rotatable bonds is 4. The van der Waals surface area contributed by atoms with Crippen molar-refractivity contribution in [3.63, 3.8) is 0 Å². The van der Waals surface area contributed by atoms with Crippen LogP contribution in [-0.2, 0) is 4.79 Å². The molecule has 0 fully saturated rings. The summed E-state index contributed by atoms with van der Waals surface area (Å²) >= 11 is 5.43. The average Bonchev–Trinajstić information content (AvgIpc) is 2.30. The third-order valence-corrected chi connectivity index (χ3v) is 3.64. The van der Waals surface area contributed by atoms with Crippen LogP contribution in [0.1, 0.15) is 24.9 Å². The first-order chi connectivity index (χ1) is 7.99. The molecule has 0 saturated heterocycles. The summed E-state index contributed by atoms with van der Waals surface area (Å²) in [6.07, 6.45) is 0.686. The standard InChI is InChI=1S/C11H14BrIN2O2/c1-2-9(15-10(16)5-14)7-3-6(12)4-8(13)11(7)17/h3-4,9,17H,2,5,14H2,1H3,(H,15,16)/t9-/m0/s1. The second kappa shape index (κ2) is 6.55. The molecule has 0 aliphatic rings. The van der Waals surface area contributed by atoms with Crippen molar-refractivity contribution in [2.75, 3.05) is 6.54 Å². The van der Waals surface area contributed by atoms with Gasteiger partial charge in [-0.15, -0.1) is 0 Å². The SMILES string of the molecule is CC[C@H](NC(=O)CN)c1cc(Br)cc(I)c1O. The number of phenols is 1. The lowest BCUT2D eigenvalue weighted by molar-refractivity contribution is -0.120. The van der Waals surface area contributed by atoms with Crippen LogP contribution < -0.4 is 11.1 Å².